The van der Waals surface area contributed by atoms with Crippen molar-refractivity contribution in [2.45, 2.75) is 65.7 Å². The number of carbonyl (C=O) groups is 2. The second-order valence-corrected chi connectivity index (χ2v) is 7.12. The lowest BCUT2D eigenvalue weighted by Gasteiger charge is -2.15. The number of hydrogen-bond donors (Lipinski definition) is 1. The van der Waals surface area contributed by atoms with Crippen LogP contribution in [0.1, 0.15) is 73.7 Å². The van der Waals surface area contributed by atoms with E-state index in [1.165, 1.54) is 4.88 Å². The summed E-state index contributed by atoms with van der Waals surface area (Å²) in [6.45, 7) is 6.33. The van der Waals surface area contributed by atoms with Crippen molar-refractivity contribution in [3.8, 4) is 0 Å². The Labute approximate surface area is 142 Å². The number of rotatable bonds is 8. The molecular weight excluding hydrogens is 310 g/mol. The standard InChI is InChI=1S/C18H27NO3S/c1-4-7-9-12(5-2)16(20)19-17-15(18(21)22-6-3)13-10-8-11-14(13)23-17/h12H,4-11H2,1-3H3,(H,19,20)/t12-/m1/s1. The van der Waals surface area contributed by atoms with Gasteiger partial charge in [0.25, 0.3) is 0 Å². The molecule has 0 aliphatic heterocycles. The first kappa shape index (κ1) is 18.0. The van der Waals surface area contributed by atoms with E-state index >= 15 is 0 Å². The molecule has 1 atom stereocenters. The first-order valence-electron chi connectivity index (χ1n) is 8.74. The molecule has 2 rings (SSSR count). The van der Waals surface area contributed by atoms with Crippen LogP contribution in [0.25, 0.3) is 0 Å². The Morgan fingerprint density at radius 2 is 2.04 bits per heavy atom. The Morgan fingerprint density at radius 3 is 2.70 bits per heavy atom. The largest absolute Gasteiger partial charge is 0.462 e. The van der Waals surface area contributed by atoms with Crippen LogP contribution < -0.4 is 5.32 Å². The third-order valence-electron chi connectivity index (χ3n) is 4.41. The number of anilines is 1. The summed E-state index contributed by atoms with van der Waals surface area (Å²) in [5.74, 6) is -0.253. The lowest BCUT2D eigenvalue weighted by atomic mass is 9.98. The van der Waals surface area contributed by atoms with Crippen molar-refractivity contribution in [3.63, 3.8) is 0 Å². The quantitative estimate of drug-likeness (QED) is 0.707. The number of aryl methyl sites for hydroxylation is 1. The van der Waals surface area contributed by atoms with Crippen LogP contribution in [0.5, 0.6) is 0 Å². The lowest BCUT2D eigenvalue weighted by Crippen LogP contribution is -2.23. The molecule has 1 aromatic heterocycles. The van der Waals surface area contributed by atoms with Crippen LogP contribution in [0, 0.1) is 5.92 Å². The molecular formula is C18H27NO3S. The maximum Gasteiger partial charge on any atom is 0.341 e. The normalized spacial score (nSPS) is 14.4. The zero-order chi connectivity index (χ0) is 16.8. The molecule has 23 heavy (non-hydrogen) atoms. The molecule has 5 heteroatoms. The Balaban J connectivity index is 2.19. The van der Waals surface area contributed by atoms with Gasteiger partial charge in [-0.1, -0.05) is 26.7 Å². The van der Waals surface area contributed by atoms with E-state index in [-0.39, 0.29) is 17.8 Å². The Kier molecular flexibility index (Phi) is 6.63. The number of amides is 1. The number of unbranched alkanes of at least 4 members (excludes halogenated alkanes) is 1. The Morgan fingerprint density at radius 1 is 1.26 bits per heavy atom. The topological polar surface area (TPSA) is 55.4 Å². The maximum atomic E-state index is 12.6. The summed E-state index contributed by atoms with van der Waals surface area (Å²) in [6.07, 6.45) is 6.85. The number of thiophene rings is 1. The second-order valence-electron chi connectivity index (χ2n) is 6.02. The highest BCUT2D eigenvalue weighted by Gasteiger charge is 2.29. The number of nitrogens with one attached hydrogen (secondary N) is 1. The van der Waals surface area contributed by atoms with Gasteiger partial charge in [0.15, 0.2) is 0 Å². The number of ether oxygens (including phenoxy) is 1. The fraction of sp³-hybridized carbons (Fsp3) is 0.667. The van der Waals surface area contributed by atoms with Crippen molar-refractivity contribution in [2.75, 3.05) is 11.9 Å². The number of carbonyl (C=O) groups excluding carboxylic acids is 2. The van der Waals surface area contributed by atoms with Gasteiger partial charge in [0, 0.05) is 10.8 Å². The molecule has 128 valence electrons. The minimum atomic E-state index is -0.302. The Bertz CT molecular complexity index is 565. The van der Waals surface area contributed by atoms with Crippen LogP contribution >= 0.6 is 11.3 Å². The summed E-state index contributed by atoms with van der Waals surface area (Å²) in [7, 11) is 0. The molecule has 0 saturated heterocycles. The molecule has 1 aliphatic rings. The van der Waals surface area contributed by atoms with Gasteiger partial charge < -0.3 is 10.1 Å². The van der Waals surface area contributed by atoms with Crippen molar-refractivity contribution >= 4 is 28.2 Å². The number of fused-ring (bicyclic) bond motifs is 1. The van der Waals surface area contributed by atoms with Crippen molar-refractivity contribution < 1.29 is 14.3 Å². The predicted molar refractivity (Wildman–Crippen MR) is 94.2 cm³/mol. The van der Waals surface area contributed by atoms with E-state index in [0.29, 0.717) is 17.2 Å². The third-order valence-corrected chi connectivity index (χ3v) is 5.61. The van der Waals surface area contributed by atoms with Crippen LogP contribution in [0.2, 0.25) is 0 Å². The van der Waals surface area contributed by atoms with Gasteiger partial charge in [-0.2, -0.15) is 0 Å². The predicted octanol–water partition coefficient (Wildman–Crippen LogP) is 4.57. The van der Waals surface area contributed by atoms with E-state index in [4.69, 9.17) is 4.74 Å². The summed E-state index contributed by atoms with van der Waals surface area (Å²) >= 11 is 1.55. The van der Waals surface area contributed by atoms with Crippen LogP contribution in [0.3, 0.4) is 0 Å². The molecule has 1 amide bonds. The highest BCUT2D eigenvalue weighted by Crippen LogP contribution is 2.39. The molecule has 0 unspecified atom stereocenters. The van der Waals surface area contributed by atoms with Crippen molar-refractivity contribution in [1.82, 2.24) is 0 Å². The molecule has 0 spiro atoms. The summed E-state index contributed by atoms with van der Waals surface area (Å²) in [5, 5.41) is 3.71. The summed E-state index contributed by atoms with van der Waals surface area (Å²) < 4.78 is 5.20. The van der Waals surface area contributed by atoms with Gasteiger partial charge in [-0.25, -0.2) is 4.79 Å². The molecule has 1 heterocycles. The van der Waals surface area contributed by atoms with Gasteiger partial charge in [-0.3, -0.25) is 4.79 Å². The zero-order valence-corrected chi connectivity index (χ0v) is 15.2. The van der Waals surface area contributed by atoms with Crippen molar-refractivity contribution in [3.05, 3.63) is 16.0 Å². The van der Waals surface area contributed by atoms with Gasteiger partial charge in [0.05, 0.1) is 12.2 Å². The number of esters is 1. The van der Waals surface area contributed by atoms with Gasteiger partial charge in [-0.05, 0) is 44.6 Å². The highest BCUT2D eigenvalue weighted by molar-refractivity contribution is 7.17. The first-order chi connectivity index (χ1) is 11.1. The van der Waals surface area contributed by atoms with Crippen LogP contribution in [0.4, 0.5) is 5.00 Å². The van der Waals surface area contributed by atoms with E-state index in [0.717, 1.165) is 50.5 Å². The smallest absolute Gasteiger partial charge is 0.341 e. The average molecular weight is 337 g/mol. The SMILES string of the molecule is CCCC[C@@H](CC)C(=O)Nc1sc2c(c1C(=O)OCC)CCC2. The third kappa shape index (κ3) is 4.14. The van der Waals surface area contributed by atoms with Crippen molar-refractivity contribution in [2.24, 2.45) is 5.92 Å². The summed E-state index contributed by atoms with van der Waals surface area (Å²) in [6, 6.07) is 0. The van der Waals surface area contributed by atoms with Crippen LogP contribution in [0.15, 0.2) is 0 Å². The monoisotopic (exact) mass is 337 g/mol. The molecule has 4 nitrogen and oxygen atoms in total. The second kappa shape index (κ2) is 8.48. The molecule has 0 aromatic carbocycles. The molecule has 1 aliphatic carbocycles. The lowest BCUT2D eigenvalue weighted by molar-refractivity contribution is -0.120. The minimum Gasteiger partial charge on any atom is -0.462 e. The molecule has 1 aromatic rings. The van der Waals surface area contributed by atoms with Gasteiger partial charge in [0.2, 0.25) is 5.91 Å². The molecule has 1 N–H and O–H groups in total. The molecule has 0 saturated carbocycles. The van der Waals surface area contributed by atoms with Gasteiger partial charge in [0.1, 0.15) is 5.00 Å². The minimum absolute atomic E-state index is 0.0157. The highest BCUT2D eigenvalue weighted by atomic mass is 32.1. The van der Waals surface area contributed by atoms with E-state index in [1.807, 2.05) is 6.92 Å². The van der Waals surface area contributed by atoms with E-state index in [9.17, 15) is 9.59 Å². The van der Waals surface area contributed by atoms with E-state index in [2.05, 4.69) is 12.2 Å². The maximum absolute atomic E-state index is 12.6. The van der Waals surface area contributed by atoms with E-state index < -0.39 is 0 Å². The van der Waals surface area contributed by atoms with E-state index in [1.54, 1.807) is 18.3 Å². The zero-order valence-electron chi connectivity index (χ0n) is 14.4. The summed E-state index contributed by atoms with van der Waals surface area (Å²) in [5.41, 5.74) is 1.69. The van der Waals surface area contributed by atoms with Gasteiger partial charge in [-0.15, -0.1) is 11.3 Å². The first-order valence-corrected chi connectivity index (χ1v) is 9.56. The molecule has 0 bridgehead atoms. The summed E-state index contributed by atoms with van der Waals surface area (Å²) in [4.78, 5) is 26.1. The fourth-order valence-electron chi connectivity index (χ4n) is 3.10. The Hall–Kier alpha value is -1.36. The fourth-order valence-corrected chi connectivity index (χ4v) is 4.38. The van der Waals surface area contributed by atoms with Crippen LogP contribution in [-0.4, -0.2) is 18.5 Å². The average Bonchev–Trinajstić information content (AvgIpc) is 3.08. The van der Waals surface area contributed by atoms with Gasteiger partial charge >= 0.3 is 5.97 Å². The molecule has 0 radical (unpaired) electrons. The van der Waals surface area contributed by atoms with Crippen LogP contribution in [-0.2, 0) is 22.4 Å². The van der Waals surface area contributed by atoms with Crippen molar-refractivity contribution in [1.29, 1.82) is 0 Å². The number of hydrogen-bond acceptors (Lipinski definition) is 4. The molecule has 0 fully saturated rings.